The van der Waals surface area contributed by atoms with Gasteiger partial charge in [-0.1, -0.05) is 6.42 Å². The Hall–Kier alpha value is -0.120. The molecule has 3 atom stereocenters. The first kappa shape index (κ1) is 11.4. The molecule has 2 aliphatic heterocycles. The lowest BCUT2D eigenvalue weighted by Crippen LogP contribution is -2.51. The van der Waals surface area contributed by atoms with E-state index >= 15 is 0 Å². The highest BCUT2D eigenvalue weighted by Crippen LogP contribution is 2.14. The second kappa shape index (κ2) is 5.28. The highest BCUT2D eigenvalue weighted by molar-refractivity contribution is 4.80. The molecule has 2 aliphatic rings. The van der Waals surface area contributed by atoms with Crippen LogP contribution in [-0.4, -0.2) is 49.3 Å². The van der Waals surface area contributed by atoms with Gasteiger partial charge >= 0.3 is 0 Å². The first-order valence-electron chi connectivity index (χ1n) is 6.35. The number of morpholine rings is 1. The number of ether oxygens (including phenoxy) is 1. The van der Waals surface area contributed by atoms with Crippen molar-refractivity contribution in [2.75, 3.05) is 26.2 Å². The van der Waals surface area contributed by atoms with Crippen LogP contribution in [0, 0.1) is 0 Å². The van der Waals surface area contributed by atoms with Gasteiger partial charge in [-0.25, -0.2) is 0 Å². The molecule has 2 rings (SSSR count). The Labute approximate surface area is 93.2 Å². The van der Waals surface area contributed by atoms with Gasteiger partial charge in [-0.15, -0.1) is 0 Å². The number of rotatable bonds is 2. The van der Waals surface area contributed by atoms with Gasteiger partial charge in [0.1, 0.15) is 0 Å². The minimum absolute atomic E-state index is 0.400. The van der Waals surface area contributed by atoms with Crippen LogP contribution in [0.3, 0.4) is 0 Å². The van der Waals surface area contributed by atoms with Gasteiger partial charge in [-0.2, -0.15) is 0 Å². The molecule has 0 spiro atoms. The molecule has 2 saturated heterocycles. The van der Waals surface area contributed by atoms with E-state index in [1.165, 1.54) is 32.4 Å². The molecule has 0 amide bonds. The van der Waals surface area contributed by atoms with E-state index in [2.05, 4.69) is 24.1 Å². The van der Waals surface area contributed by atoms with Crippen LogP contribution >= 0.6 is 0 Å². The molecule has 0 radical (unpaired) electrons. The number of hydrogen-bond acceptors (Lipinski definition) is 3. The average molecular weight is 212 g/mol. The van der Waals surface area contributed by atoms with E-state index < -0.39 is 0 Å². The molecule has 2 heterocycles. The smallest absolute Gasteiger partial charge is 0.0678 e. The molecule has 0 aromatic carbocycles. The van der Waals surface area contributed by atoms with Gasteiger partial charge < -0.3 is 10.1 Å². The zero-order valence-corrected chi connectivity index (χ0v) is 10.0. The Kier molecular flexibility index (Phi) is 4.00. The van der Waals surface area contributed by atoms with Crippen molar-refractivity contribution in [3.05, 3.63) is 0 Å². The summed E-state index contributed by atoms with van der Waals surface area (Å²) in [4.78, 5) is 2.56. The van der Waals surface area contributed by atoms with Crippen molar-refractivity contribution in [1.82, 2.24) is 10.2 Å². The summed E-state index contributed by atoms with van der Waals surface area (Å²) < 4.78 is 5.74. The molecule has 0 aliphatic carbocycles. The van der Waals surface area contributed by atoms with E-state index in [1.807, 2.05) is 0 Å². The van der Waals surface area contributed by atoms with Crippen LogP contribution in [-0.2, 0) is 4.74 Å². The second-order valence-corrected chi connectivity index (χ2v) is 5.12. The summed E-state index contributed by atoms with van der Waals surface area (Å²) in [6, 6.07) is 0.719. The number of piperidine rings is 1. The molecule has 0 aromatic heterocycles. The van der Waals surface area contributed by atoms with Crippen molar-refractivity contribution in [1.29, 1.82) is 0 Å². The molecular weight excluding hydrogens is 188 g/mol. The third kappa shape index (κ3) is 3.44. The SMILES string of the molecule is C[C@@H]1CN(C[C@@H]2CCCCN2)C[C@H](C)O1. The largest absolute Gasteiger partial charge is 0.373 e. The second-order valence-electron chi connectivity index (χ2n) is 5.12. The van der Waals surface area contributed by atoms with Crippen LogP contribution in [0.4, 0.5) is 0 Å². The van der Waals surface area contributed by atoms with E-state index in [4.69, 9.17) is 4.74 Å². The fraction of sp³-hybridized carbons (Fsp3) is 1.00. The quantitative estimate of drug-likeness (QED) is 0.745. The van der Waals surface area contributed by atoms with Crippen molar-refractivity contribution < 1.29 is 4.74 Å². The standard InChI is InChI=1S/C12H24N2O/c1-10-7-14(8-11(2)15-10)9-12-5-3-4-6-13-12/h10-13H,3-9H2,1-2H3/t10-,11+,12-/m0/s1. The lowest BCUT2D eigenvalue weighted by atomic mass is 10.0. The molecular formula is C12H24N2O. The molecule has 15 heavy (non-hydrogen) atoms. The van der Waals surface area contributed by atoms with Gasteiger partial charge in [0.05, 0.1) is 12.2 Å². The first-order valence-corrected chi connectivity index (χ1v) is 6.35. The van der Waals surface area contributed by atoms with Crippen molar-refractivity contribution in [3.8, 4) is 0 Å². The molecule has 1 N–H and O–H groups in total. The zero-order chi connectivity index (χ0) is 10.7. The van der Waals surface area contributed by atoms with Gasteiger partial charge in [-0.05, 0) is 33.2 Å². The van der Waals surface area contributed by atoms with Crippen molar-refractivity contribution in [2.45, 2.75) is 51.4 Å². The highest BCUT2D eigenvalue weighted by Gasteiger charge is 2.24. The molecule has 3 heteroatoms. The minimum atomic E-state index is 0.400. The highest BCUT2D eigenvalue weighted by atomic mass is 16.5. The van der Waals surface area contributed by atoms with Crippen LogP contribution in [0.5, 0.6) is 0 Å². The number of nitrogens with zero attached hydrogens (tertiary/aromatic N) is 1. The Morgan fingerprint density at radius 3 is 2.53 bits per heavy atom. The maximum Gasteiger partial charge on any atom is 0.0678 e. The van der Waals surface area contributed by atoms with Crippen LogP contribution in [0.15, 0.2) is 0 Å². The monoisotopic (exact) mass is 212 g/mol. The summed E-state index contributed by atoms with van der Waals surface area (Å²) in [5.41, 5.74) is 0. The molecule has 0 bridgehead atoms. The molecule has 0 unspecified atom stereocenters. The van der Waals surface area contributed by atoms with Gasteiger partial charge in [0.25, 0.3) is 0 Å². The molecule has 88 valence electrons. The van der Waals surface area contributed by atoms with Gasteiger partial charge in [0.2, 0.25) is 0 Å². The molecule has 2 fully saturated rings. The number of nitrogens with one attached hydrogen (secondary N) is 1. The Bertz CT molecular complexity index is 182. The molecule has 0 aromatic rings. The maximum absolute atomic E-state index is 5.74. The predicted molar refractivity (Wildman–Crippen MR) is 62.1 cm³/mol. The Morgan fingerprint density at radius 1 is 1.20 bits per heavy atom. The summed E-state index contributed by atoms with van der Waals surface area (Å²) >= 11 is 0. The lowest BCUT2D eigenvalue weighted by Gasteiger charge is -2.38. The van der Waals surface area contributed by atoms with Crippen LogP contribution in [0.1, 0.15) is 33.1 Å². The topological polar surface area (TPSA) is 24.5 Å². The molecule has 0 saturated carbocycles. The summed E-state index contributed by atoms with van der Waals surface area (Å²) in [7, 11) is 0. The predicted octanol–water partition coefficient (Wildman–Crippen LogP) is 1.24. The van der Waals surface area contributed by atoms with Crippen molar-refractivity contribution >= 4 is 0 Å². The fourth-order valence-corrected chi connectivity index (χ4v) is 2.82. The summed E-state index contributed by atoms with van der Waals surface area (Å²) in [6.45, 7) is 8.97. The third-order valence-electron chi connectivity index (χ3n) is 3.39. The van der Waals surface area contributed by atoms with E-state index in [1.54, 1.807) is 0 Å². The zero-order valence-electron chi connectivity index (χ0n) is 10.0. The lowest BCUT2D eigenvalue weighted by molar-refractivity contribution is -0.0703. The average Bonchev–Trinajstić information content (AvgIpc) is 2.17. The summed E-state index contributed by atoms with van der Waals surface area (Å²) in [5.74, 6) is 0. The van der Waals surface area contributed by atoms with Gasteiger partial charge in [-0.3, -0.25) is 4.90 Å². The van der Waals surface area contributed by atoms with E-state index in [-0.39, 0.29) is 0 Å². The van der Waals surface area contributed by atoms with E-state index in [9.17, 15) is 0 Å². The Balaban J connectivity index is 1.77. The van der Waals surface area contributed by atoms with Crippen molar-refractivity contribution in [3.63, 3.8) is 0 Å². The minimum Gasteiger partial charge on any atom is -0.373 e. The van der Waals surface area contributed by atoms with Crippen LogP contribution in [0.2, 0.25) is 0 Å². The number of hydrogen-bond donors (Lipinski definition) is 1. The maximum atomic E-state index is 5.74. The first-order chi connectivity index (χ1) is 7.24. The summed E-state index contributed by atoms with van der Waals surface area (Å²) in [6.07, 6.45) is 4.90. The molecule has 3 nitrogen and oxygen atoms in total. The van der Waals surface area contributed by atoms with Crippen LogP contribution in [0.25, 0.3) is 0 Å². The van der Waals surface area contributed by atoms with Gasteiger partial charge in [0, 0.05) is 25.7 Å². The van der Waals surface area contributed by atoms with Crippen LogP contribution < -0.4 is 5.32 Å². The third-order valence-corrected chi connectivity index (χ3v) is 3.39. The normalized spacial score (nSPS) is 39.2. The van der Waals surface area contributed by atoms with Gasteiger partial charge in [0.15, 0.2) is 0 Å². The Morgan fingerprint density at radius 2 is 1.93 bits per heavy atom. The van der Waals surface area contributed by atoms with E-state index in [0.717, 1.165) is 19.1 Å². The fourth-order valence-electron chi connectivity index (χ4n) is 2.82. The van der Waals surface area contributed by atoms with Crippen molar-refractivity contribution in [2.24, 2.45) is 0 Å². The van der Waals surface area contributed by atoms with E-state index in [0.29, 0.717) is 12.2 Å². The summed E-state index contributed by atoms with van der Waals surface area (Å²) in [5, 5.41) is 3.61.